The normalized spacial score (nSPS) is 10.8. The van der Waals surface area contributed by atoms with Crippen molar-refractivity contribution in [1.82, 2.24) is 10.2 Å². The highest BCUT2D eigenvalue weighted by atomic mass is 35.5. The molecule has 0 saturated carbocycles. The summed E-state index contributed by atoms with van der Waals surface area (Å²) in [6.45, 7) is 6.60. The first kappa shape index (κ1) is 25.0. The summed E-state index contributed by atoms with van der Waals surface area (Å²) < 4.78 is 5.98. The number of nitrogens with zero attached hydrogens (tertiary/aromatic N) is 1. The zero-order valence-electron chi connectivity index (χ0n) is 15.8. The van der Waals surface area contributed by atoms with Gasteiger partial charge in [-0.25, -0.2) is 0 Å². The predicted octanol–water partition coefficient (Wildman–Crippen LogP) is 5.15. The van der Waals surface area contributed by atoms with Gasteiger partial charge in [-0.05, 0) is 51.7 Å². The minimum absolute atomic E-state index is 0. The van der Waals surface area contributed by atoms with Gasteiger partial charge in [0.05, 0.1) is 0 Å². The average Bonchev–Trinajstić information content (AvgIpc) is 2.53. The summed E-state index contributed by atoms with van der Waals surface area (Å²) in [4.78, 5) is 2.14. The van der Waals surface area contributed by atoms with Crippen LogP contribution in [0.5, 0.6) is 5.75 Å². The van der Waals surface area contributed by atoms with Crippen molar-refractivity contribution in [3.63, 3.8) is 0 Å². The second kappa shape index (κ2) is 11.7. The standard InChI is InChI=1S/C20H27ClN2O.2ClH/c1-20(2,17-9-11-18(21)12-10-17)22-13-14-24-19-8-6-5-7-16(19)15-23(3)4;;/h5-12,22H,13-15H2,1-4H3;2*1H. The third-order valence-corrected chi connectivity index (χ3v) is 4.20. The second-order valence-electron chi connectivity index (χ2n) is 6.75. The molecule has 0 spiro atoms. The molecule has 1 N–H and O–H groups in total. The first-order valence-electron chi connectivity index (χ1n) is 8.25. The highest BCUT2D eigenvalue weighted by molar-refractivity contribution is 6.30. The molecule has 0 aliphatic rings. The van der Waals surface area contributed by atoms with E-state index in [0.29, 0.717) is 6.61 Å². The molecular formula is C20H29Cl3N2O. The van der Waals surface area contributed by atoms with Gasteiger partial charge in [-0.1, -0.05) is 41.9 Å². The van der Waals surface area contributed by atoms with E-state index in [-0.39, 0.29) is 30.4 Å². The van der Waals surface area contributed by atoms with E-state index >= 15 is 0 Å². The molecule has 0 aromatic heterocycles. The summed E-state index contributed by atoms with van der Waals surface area (Å²) in [7, 11) is 4.12. The lowest BCUT2D eigenvalue weighted by molar-refractivity contribution is 0.279. The van der Waals surface area contributed by atoms with Gasteiger partial charge >= 0.3 is 0 Å². The molecule has 0 unspecified atom stereocenters. The number of rotatable bonds is 8. The molecule has 2 aromatic carbocycles. The number of nitrogens with one attached hydrogen (secondary N) is 1. The Bertz CT molecular complexity index is 646. The average molecular weight is 420 g/mol. The van der Waals surface area contributed by atoms with Crippen LogP contribution in [0.25, 0.3) is 0 Å². The third-order valence-electron chi connectivity index (χ3n) is 3.95. The number of ether oxygens (including phenoxy) is 1. The molecule has 0 amide bonds. The summed E-state index contributed by atoms with van der Waals surface area (Å²) in [5.74, 6) is 0.956. The van der Waals surface area contributed by atoms with E-state index < -0.39 is 0 Å². The molecule has 2 aromatic rings. The fourth-order valence-corrected chi connectivity index (χ4v) is 2.74. The van der Waals surface area contributed by atoms with Gasteiger partial charge in [0.1, 0.15) is 12.4 Å². The zero-order chi connectivity index (χ0) is 17.6. The maximum absolute atomic E-state index is 5.98. The zero-order valence-corrected chi connectivity index (χ0v) is 18.2. The van der Waals surface area contributed by atoms with Gasteiger partial charge in [-0.3, -0.25) is 0 Å². The minimum Gasteiger partial charge on any atom is -0.492 e. The minimum atomic E-state index is -0.128. The van der Waals surface area contributed by atoms with Crippen LogP contribution in [-0.4, -0.2) is 32.1 Å². The lowest BCUT2D eigenvalue weighted by Crippen LogP contribution is -2.39. The molecule has 146 valence electrons. The Morgan fingerprint density at radius 3 is 2.23 bits per heavy atom. The molecule has 2 rings (SSSR count). The van der Waals surface area contributed by atoms with E-state index in [1.807, 2.05) is 30.3 Å². The molecule has 0 atom stereocenters. The predicted molar refractivity (Wildman–Crippen MR) is 116 cm³/mol. The fraction of sp³-hybridized carbons (Fsp3) is 0.400. The molecule has 0 aliphatic heterocycles. The molecule has 0 heterocycles. The van der Waals surface area contributed by atoms with Gasteiger partial charge in [0.15, 0.2) is 0 Å². The molecule has 0 radical (unpaired) electrons. The summed E-state index contributed by atoms with van der Waals surface area (Å²) in [5.41, 5.74) is 2.29. The van der Waals surface area contributed by atoms with Gasteiger partial charge in [-0.2, -0.15) is 0 Å². The Kier molecular flexibility index (Phi) is 11.2. The van der Waals surface area contributed by atoms with Crippen LogP contribution in [0.2, 0.25) is 5.02 Å². The maximum atomic E-state index is 5.98. The van der Waals surface area contributed by atoms with Crippen LogP contribution < -0.4 is 10.1 Å². The smallest absolute Gasteiger partial charge is 0.123 e. The Balaban J connectivity index is 0.00000312. The van der Waals surface area contributed by atoms with E-state index in [1.54, 1.807) is 0 Å². The fourth-order valence-electron chi connectivity index (χ4n) is 2.61. The summed E-state index contributed by atoms with van der Waals surface area (Å²) in [5, 5.41) is 4.31. The molecule has 0 fully saturated rings. The number of benzene rings is 2. The van der Waals surface area contributed by atoms with Crippen LogP contribution in [0.1, 0.15) is 25.0 Å². The number of hydrogen-bond acceptors (Lipinski definition) is 3. The van der Waals surface area contributed by atoms with Crippen molar-refractivity contribution in [3.05, 3.63) is 64.7 Å². The Hall–Kier alpha value is -0.970. The third kappa shape index (κ3) is 7.73. The lowest BCUT2D eigenvalue weighted by atomic mass is 9.94. The van der Waals surface area contributed by atoms with Crippen LogP contribution in [0.15, 0.2) is 48.5 Å². The van der Waals surface area contributed by atoms with Crippen molar-refractivity contribution in [3.8, 4) is 5.75 Å². The highest BCUT2D eigenvalue weighted by Gasteiger charge is 2.19. The second-order valence-corrected chi connectivity index (χ2v) is 7.19. The largest absolute Gasteiger partial charge is 0.492 e. The SMILES string of the molecule is CN(C)Cc1ccccc1OCCNC(C)(C)c1ccc(Cl)cc1.Cl.Cl. The topological polar surface area (TPSA) is 24.5 Å². The van der Waals surface area contributed by atoms with E-state index in [2.05, 4.69) is 56.4 Å². The van der Waals surface area contributed by atoms with Crippen molar-refractivity contribution in [2.24, 2.45) is 0 Å². The van der Waals surface area contributed by atoms with Crippen molar-refractivity contribution in [2.75, 3.05) is 27.2 Å². The molecule has 26 heavy (non-hydrogen) atoms. The van der Waals surface area contributed by atoms with Crippen molar-refractivity contribution >= 4 is 36.4 Å². The van der Waals surface area contributed by atoms with Crippen molar-refractivity contribution in [1.29, 1.82) is 0 Å². The summed E-state index contributed by atoms with van der Waals surface area (Å²) >= 11 is 5.96. The number of halogens is 3. The van der Waals surface area contributed by atoms with E-state index in [0.717, 1.165) is 23.9 Å². The van der Waals surface area contributed by atoms with Crippen molar-refractivity contribution < 1.29 is 4.74 Å². The molecule has 3 nitrogen and oxygen atoms in total. The number of para-hydroxylation sites is 1. The van der Waals surface area contributed by atoms with E-state index in [1.165, 1.54) is 11.1 Å². The highest BCUT2D eigenvalue weighted by Crippen LogP contribution is 2.22. The lowest BCUT2D eigenvalue weighted by Gasteiger charge is -2.27. The van der Waals surface area contributed by atoms with Gasteiger partial charge in [-0.15, -0.1) is 24.8 Å². The summed E-state index contributed by atoms with van der Waals surface area (Å²) in [6, 6.07) is 16.2. The molecular weight excluding hydrogens is 391 g/mol. The van der Waals surface area contributed by atoms with E-state index in [4.69, 9.17) is 16.3 Å². The first-order chi connectivity index (χ1) is 11.4. The molecule has 0 aliphatic carbocycles. The number of hydrogen-bond donors (Lipinski definition) is 1. The van der Waals surface area contributed by atoms with Crippen LogP contribution in [0.3, 0.4) is 0 Å². The molecule has 6 heteroatoms. The quantitative estimate of drug-likeness (QED) is 0.599. The van der Waals surface area contributed by atoms with Gasteiger partial charge in [0.2, 0.25) is 0 Å². The van der Waals surface area contributed by atoms with Crippen LogP contribution in [0, 0.1) is 0 Å². The Morgan fingerprint density at radius 1 is 1.00 bits per heavy atom. The Labute approximate surface area is 174 Å². The van der Waals surface area contributed by atoms with E-state index in [9.17, 15) is 0 Å². The van der Waals surface area contributed by atoms with Gasteiger partial charge in [0.25, 0.3) is 0 Å². The molecule has 0 saturated heterocycles. The monoisotopic (exact) mass is 418 g/mol. The Morgan fingerprint density at radius 2 is 1.62 bits per heavy atom. The van der Waals surface area contributed by atoms with Gasteiger partial charge < -0.3 is 15.0 Å². The van der Waals surface area contributed by atoms with Crippen LogP contribution in [0.4, 0.5) is 0 Å². The maximum Gasteiger partial charge on any atom is 0.123 e. The van der Waals surface area contributed by atoms with Crippen LogP contribution in [-0.2, 0) is 12.1 Å². The summed E-state index contributed by atoms with van der Waals surface area (Å²) in [6.07, 6.45) is 0. The van der Waals surface area contributed by atoms with Crippen molar-refractivity contribution in [2.45, 2.75) is 25.9 Å². The van der Waals surface area contributed by atoms with Crippen LogP contribution >= 0.6 is 36.4 Å². The molecule has 0 bridgehead atoms. The van der Waals surface area contributed by atoms with Gasteiger partial charge in [0, 0.05) is 29.2 Å². The first-order valence-corrected chi connectivity index (χ1v) is 8.63.